The van der Waals surface area contributed by atoms with E-state index in [0.717, 1.165) is 12.0 Å². The second-order valence-corrected chi connectivity index (χ2v) is 6.50. The van der Waals surface area contributed by atoms with Crippen LogP contribution >= 0.6 is 0 Å². The summed E-state index contributed by atoms with van der Waals surface area (Å²) in [5.74, 6) is 0.987. The first-order chi connectivity index (χ1) is 9.79. The van der Waals surface area contributed by atoms with E-state index in [2.05, 4.69) is 43.4 Å². The minimum Gasteiger partial charge on any atom is -0.314 e. The van der Waals surface area contributed by atoms with E-state index in [0.29, 0.717) is 0 Å². The molecule has 20 heavy (non-hydrogen) atoms. The van der Waals surface area contributed by atoms with Crippen molar-refractivity contribution < 1.29 is 0 Å². The molecule has 1 aromatic carbocycles. The van der Waals surface area contributed by atoms with Gasteiger partial charge in [-0.15, -0.1) is 0 Å². The van der Waals surface area contributed by atoms with Crippen LogP contribution in [0.4, 0.5) is 0 Å². The zero-order valence-electron chi connectivity index (χ0n) is 13.3. The van der Waals surface area contributed by atoms with E-state index in [1.54, 1.807) is 0 Å². The third-order valence-electron chi connectivity index (χ3n) is 4.80. The topological polar surface area (TPSA) is 12.0 Å². The first-order valence-electron chi connectivity index (χ1n) is 8.57. The Bertz CT molecular complexity index is 379. The summed E-state index contributed by atoms with van der Waals surface area (Å²) in [6, 6.07) is 9.57. The highest BCUT2D eigenvalue weighted by atomic mass is 14.9. The first-order valence-corrected chi connectivity index (χ1v) is 8.57. The Morgan fingerprint density at radius 1 is 1.20 bits per heavy atom. The van der Waals surface area contributed by atoms with Crippen LogP contribution < -0.4 is 5.32 Å². The van der Waals surface area contributed by atoms with Gasteiger partial charge < -0.3 is 5.32 Å². The molecule has 0 aromatic heterocycles. The van der Waals surface area contributed by atoms with Gasteiger partial charge in [-0.3, -0.25) is 0 Å². The van der Waals surface area contributed by atoms with E-state index in [4.69, 9.17) is 0 Å². The van der Waals surface area contributed by atoms with Gasteiger partial charge in [-0.2, -0.15) is 0 Å². The van der Waals surface area contributed by atoms with Crippen molar-refractivity contribution >= 4 is 0 Å². The minimum absolute atomic E-state index is 0.720. The molecular formula is C19H31N. The summed E-state index contributed by atoms with van der Waals surface area (Å²) in [6.07, 6.45) is 11.0. The van der Waals surface area contributed by atoms with Crippen LogP contribution in [0.25, 0.3) is 0 Å². The van der Waals surface area contributed by atoms with Gasteiger partial charge in [0.05, 0.1) is 0 Å². The molecule has 1 fully saturated rings. The number of hydrogen-bond donors (Lipinski definition) is 1. The van der Waals surface area contributed by atoms with Crippen molar-refractivity contribution in [1.82, 2.24) is 5.32 Å². The fourth-order valence-electron chi connectivity index (χ4n) is 3.52. The third-order valence-corrected chi connectivity index (χ3v) is 4.80. The zero-order chi connectivity index (χ0) is 14.2. The molecule has 0 bridgehead atoms. The number of nitrogens with one attached hydrogen (secondary N) is 1. The molecule has 1 aliphatic rings. The van der Waals surface area contributed by atoms with Gasteiger partial charge in [0.2, 0.25) is 0 Å². The summed E-state index contributed by atoms with van der Waals surface area (Å²) in [6.45, 7) is 5.67. The molecular weight excluding hydrogens is 242 g/mol. The van der Waals surface area contributed by atoms with E-state index in [9.17, 15) is 0 Å². The molecule has 1 heteroatoms. The maximum Gasteiger partial charge on any atom is 0.00728 e. The van der Waals surface area contributed by atoms with Gasteiger partial charge in [0.1, 0.15) is 0 Å². The molecule has 0 heterocycles. The van der Waals surface area contributed by atoms with Gasteiger partial charge in [-0.05, 0) is 56.2 Å². The average molecular weight is 273 g/mol. The van der Waals surface area contributed by atoms with Crippen LogP contribution in [0.5, 0.6) is 0 Å². The lowest BCUT2D eigenvalue weighted by Gasteiger charge is -2.22. The number of hydrogen-bond acceptors (Lipinski definition) is 1. The smallest absolute Gasteiger partial charge is 0.00728 e. The molecule has 1 aromatic rings. The molecule has 1 unspecified atom stereocenters. The standard InChI is InChI=1S/C19H31N/c1-3-14-20-19(15-17-9-5-6-10-17)13-12-18-11-7-4-8-16(18)2/h4,7-8,11,17,19-20H,3,5-6,9-10,12-15H2,1-2H3. The SMILES string of the molecule is CCCNC(CCc1ccccc1C)CC1CCCC1. The van der Waals surface area contributed by atoms with Gasteiger partial charge in [0, 0.05) is 6.04 Å². The van der Waals surface area contributed by atoms with Gasteiger partial charge in [0.15, 0.2) is 0 Å². The van der Waals surface area contributed by atoms with Crippen LogP contribution in [-0.2, 0) is 6.42 Å². The van der Waals surface area contributed by atoms with Crippen molar-refractivity contribution in [2.45, 2.75) is 71.3 Å². The van der Waals surface area contributed by atoms with Crippen molar-refractivity contribution in [3.05, 3.63) is 35.4 Å². The fraction of sp³-hybridized carbons (Fsp3) is 0.684. The van der Waals surface area contributed by atoms with Crippen molar-refractivity contribution in [1.29, 1.82) is 0 Å². The highest BCUT2D eigenvalue weighted by Gasteiger charge is 2.19. The van der Waals surface area contributed by atoms with Crippen LogP contribution in [0.1, 0.15) is 63.0 Å². The van der Waals surface area contributed by atoms with E-state index < -0.39 is 0 Å². The molecule has 0 spiro atoms. The molecule has 1 aliphatic carbocycles. The van der Waals surface area contributed by atoms with Crippen molar-refractivity contribution in [2.75, 3.05) is 6.54 Å². The van der Waals surface area contributed by atoms with Crippen molar-refractivity contribution in [2.24, 2.45) is 5.92 Å². The molecule has 2 rings (SSSR count). The molecule has 0 amide bonds. The summed E-state index contributed by atoms with van der Waals surface area (Å²) in [5, 5.41) is 3.79. The highest BCUT2D eigenvalue weighted by Crippen LogP contribution is 2.29. The Balaban J connectivity index is 1.84. The van der Waals surface area contributed by atoms with Gasteiger partial charge >= 0.3 is 0 Å². The van der Waals surface area contributed by atoms with Gasteiger partial charge in [-0.1, -0.05) is 56.9 Å². The molecule has 1 N–H and O–H groups in total. The van der Waals surface area contributed by atoms with Crippen molar-refractivity contribution in [3.63, 3.8) is 0 Å². The third kappa shape index (κ3) is 4.94. The number of benzene rings is 1. The minimum atomic E-state index is 0.720. The van der Waals surface area contributed by atoms with Gasteiger partial charge in [0.25, 0.3) is 0 Å². The van der Waals surface area contributed by atoms with E-state index >= 15 is 0 Å². The Labute approximate surface area is 125 Å². The van der Waals surface area contributed by atoms with Crippen LogP contribution in [0.2, 0.25) is 0 Å². The molecule has 1 atom stereocenters. The molecule has 112 valence electrons. The summed E-state index contributed by atoms with van der Waals surface area (Å²) < 4.78 is 0. The second kappa shape index (κ2) is 8.46. The number of rotatable bonds is 8. The molecule has 0 saturated heterocycles. The maximum absolute atomic E-state index is 3.79. The largest absolute Gasteiger partial charge is 0.314 e. The van der Waals surface area contributed by atoms with E-state index in [1.165, 1.54) is 69.0 Å². The van der Waals surface area contributed by atoms with E-state index in [-0.39, 0.29) is 0 Å². The van der Waals surface area contributed by atoms with Crippen LogP contribution in [-0.4, -0.2) is 12.6 Å². The zero-order valence-corrected chi connectivity index (χ0v) is 13.3. The van der Waals surface area contributed by atoms with Gasteiger partial charge in [-0.25, -0.2) is 0 Å². The first kappa shape index (κ1) is 15.6. The lowest BCUT2D eigenvalue weighted by molar-refractivity contribution is 0.371. The summed E-state index contributed by atoms with van der Waals surface area (Å²) in [7, 11) is 0. The quantitative estimate of drug-likeness (QED) is 0.712. The maximum atomic E-state index is 3.79. The molecule has 0 aliphatic heterocycles. The predicted molar refractivity (Wildman–Crippen MR) is 88.2 cm³/mol. The Kier molecular flexibility index (Phi) is 6.59. The average Bonchev–Trinajstić information content (AvgIpc) is 2.96. The molecule has 1 nitrogen and oxygen atoms in total. The highest BCUT2D eigenvalue weighted by molar-refractivity contribution is 5.25. The summed E-state index contributed by atoms with van der Waals surface area (Å²) in [5.41, 5.74) is 2.98. The normalized spacial score (nSPS) is 17.5. The van der Waals surface area contributed by atoms with E-state index in [1.807, 2.05) is 0 Å². The van der Waals surface area contributed by atoms with Crippen molar-refractivity contribution in [3.8, 4) is 0 Å². The molecule has 0 radical (unpaired) electrons. The summed E-state index contributed by atoms with van der Waals surface area (Å²) in [4.78, 5) is 0. The Hall–Kier alpha value is -0.820. The second-order valence-electron chi connectivity index (χ2n) is 6.50. The summed E-state index contributed by atoms with van der Waals surface area (Å²) >= 11 is 0. The predicted octanol–water partition coefficient (Wildman–Crippen LogP) is 4.88. The van der Waals surface area contributed by atoms with Crippen LogP contribution in [0.3, 0.4) is 0 Å². The Morgan fingerprint density at radius 2 is 1.95 bits per heavy atom. The molecule has 1 saturated carbocycles. The fourth-order valence-corrected chi connectivity index (χ4v) is 3.52. The lowest BCUT2D eigenvalue weighted by atomic mass is 9.93. The number of aryl methyl sites for hydroxylation is 2. The monoisotopic (exact) mass is 273 g/mol. The Morgan fingerprint density at radius 3 is 2.65 bits per heavy atom. The van der Waals surface area contributed by atoms with Crippen LogP contribution in [0, 0.1) is 12.8 Å². The lowest BCUT2D eigenvalue weighted by Crippen LogP contribution is -2.32. The van der Waals surface area contributed by atoms with Crippen LogP contribution in [0.15, 0.2) is 24.3 Å².